The second kappa shape index (κ2) is 12.9. The van der Waals surface area contributed by atoms with Crippen molar-refractivity contribution >= 4 is 11.8 Å². The molecule has 2 atom stereocenters. The number of H-pyrrole nitrogens is 2. The summed E-state index contributed by atoms with van der Waals surface area (Å²) in [5, 5.41) is 0. The molecule has 8 nitrogen and oxygen atoms in total. The van der Waals surface area contributed by atoms with Gasteiger partial charge in [0.2, 0.25) is 11.8 Å². The summed E-state index contributed by atoms with van der Waals surface area (Å²) in [5.74, 6) is 0.930. The molecule has 2 aliphatic heterocycles. The largest absolute Gasteiger partial charge is 0.340 e. The van der Waals surface area contributed by atoms with E-state index < -0.39 is 11.6 Å². The Balaban J connectivity index is 1.18. The van der Waals surface area contributed by atoms with Crippen LogP contribution in [0.1, 0.15) is 89.4 Å². The number of nitrogens with zero attached hydrogens (tertiary/aromatic N) is 4. The third-order valence-electron chi connectivity index (χ3n) is 8.87. The molecule has 4 aromatic rings. The second-order valence-corrected chi connectivity index (χ2v) is 12.6. The van der Waals surface area contributed by atoms with Gasteiger partial charge in [0.1, 0.15) is 23.3 Å². The van der Waals surface area contributed by atoms with E-state index in [0.29, 0.717) is 71.2 Å². The molecule has 2 aromatic heterocycles. The van der Waals surface area contributed by atoms with Crippen LogP contribution in [0.4, 0.5) is 8.78 Å². The van der Waals surface area contributed by atoms with E-state index in [1.807, 2.05) is 30.6 Å². The van der Waals surface area contributed by atoms with Gasteiger partial charge in [0, 0.05) is 37.1 Å². The highest BCUT2D eigenvalue weighted by Gasteiger charge is 2.33. The van der Waals surface area contributed by atoms with Crippen molar-refractivity contribution in [2.24, 2.45) is 5.92 Å². The smallest absolute Gasteiger partial charge is 0.223 e. The molecule has 0 unspecified atom stereocenters. The molecule has 2 amide bonds. The highest BCUT2D eigenvalue weighted by Crippen LogP contribution is 2.36. The topological polar surface area (TPSA) is 98.0 Å². The van der Waals surface area contributed by atoms with E-state index in [-0.39, 0.29) is 29.8 Å². The Morgan fingerprint density at radius 3 is 1.76 bits per heavy atom. The summed E-state index contributed by atoms with van der Waals surface area (Å²) in [5.41, 5.74) is 2.87. The number of imidazole rings is 2. The molecule has 0 bridgehead atoms. The summed E-state index contributed by atoms with van der Waals surface area (Å²) in [6, 6.07) is 9.38. The van der Waals surface area contributed by atoms with Crippen LogP contribution in [-0.2, 0) is 9.59 Å². The van der Waals surface area contributed by atoms with E-state index in [1.54, 1.807) is 36.7 Å². The van der Waals surface area contributed by atoms with Gasteiger partial charge in [-0.2, -0.15) is 0 Å². The Morgan fingerprint density at radius 2 is 1.31 bits per heavy atom. The van der Waals surface area contributed by atoms with Crippen LogP contribution in [0.3, 0.4) is 0 Å². The number of benzene rings is 2. The number of amides is 2. The molecular formula is C35H40F2N6O2. The molecule has 6 rings (SSSR count). The van der Waals surface area contributed by atoms with Crippen molar-refractivity contribution in [3.05, 3.63) is 72.1 Å². The zero-order valence-corrected chi connectivity index (χ0v) is 26.1. The van der Waals surface area contributed by atoms with Crippen molar-refractivity contribution in [3.8, 4) is 33.6 Å². The van der Waals surface area contributed by atoms with Gasteiger partial charge in [-0.15, -0.1) is 0 Å². The van der Waals surface area contributed by atoms with E-state index in [2.05, 4.69) is 19.9 Å². The van der Waals surface area contributed by atoms with Crippen LogP contribution in [0.2, 0.25) is 0 Å². The van der Waals surface area contributed by atoms with E-state index >= 15 is 8.78 Å². The number of likely N-dealkylation sites (tertiary alicyclic amines) is 2. The van der Waals surface area contributed by atoms with Gasteiger partial charge < -0.3 is 19.8 Å². The van der Waals surface area contributed by atoms with Crippen molar-refractivity contribution in [2.45, 2.75) is 77.8 Å². The summed E-state index contributed by atoms with van der Waals surface area (Å²) in [7, 11) is 0. The van der Waals surface area contributed by atoms with E-state index in [4.69, 9.17) is 0 Å². The minimum absolute atomic E-state index is 0.117. The third-order valence-corrected chi connectivity index (χ3v) is 8.87. The fourth-order valence-electron chi connectivity index (χ4n) is 6.63. The van der Waals surface area contributed by atoms with Gasteiger partial charge in [0.25, 0.3) is 0 Å². The highest BCUT2D eigenvalue weighted by molar-refractivity contribution is 5.78. The quantitative estimate of drug-likeness (QED) is 0.203. The molecule has 10 heteroatoms. The van der Waals surface area contributed by atoms with Gasteiger partial charge in [-0.3, -0.25) is 9.59 Å². The molecule has 236 valence electrons. The van der Waals surface area contributed by atoms with Gasteiger partial charge >= 0.3 is 0 Å². The predicted molar refractivity (Wildman–Crippen MR) is 169 cm³/mol. The molecule has 0 spiro atoms. The van der Waals surface area contributed by atoms with Crippen LogP contribution in [0.15, 0.2) is 48.8 Å². The Bertz CT molecular complexity index is 1690. The zero-order chi connectivity index (χ0) is 31.7. The number of aromatic amines is 2. The second-order valence-electron chi connectivity index (χ2n) is 12.6. The molecule has 0 saturated carbocycles. The van der Waals surface area contributed by atoms with Crippen molar-refractivity contribution < 1.29 is 18.4 Å². The Morgan fingerprint density at radius 1 is 0.822 bits per heavy atom. The maximum atomic E-state index is 15.4. The normalized spacial score (nSPS) is 18.4. The van der Waals surface area contributed by atoms with E-state index in [1.165, 1.54) is 12.1 Å². The summed E-state index contributed by atoms with van der Waals surface area (Å²) < 4.78 is 30.9. The summed E-state index contributed by atoms with van der Waals surface area (Å²) >= 11 is 0. The van der Waals surface area contributed by atoms with Crippen LogP contribution in [0, 0.1) is 17.6 Å². The van der Waals surface area contributed by atoms with Crippen LogP contribution in [0.5, 0.6) is 0 Å². The van der Waals surface area contributed by atoms with Crippen molar-refractivity contribution in [3.63, 3.8) is 0 Å². The average molecular weight is 615 g/mol. The molecule has 2 saturated heterocycles. The van der Waals surface area contributed by atoms with Gasteiger partial charge in [-0.05, 0) is 73.4 Å². The highest BCUT2D eigenvalue weighted by atomic mass is 19.1. The van der Waals surface area contributed by atoms with Gasteiger partial charge in [0.15, 0.2) is 0 Å². The maximum absolute atomic E-state index is 15.4. The molecule has 2 aromatic carbocycles. The molecule has 4 heterocycles. The lowest BCUT2D eigenvalue weighted by Gasteiger charge is -2.24. The maximum Gasteiger partial charge on any atom is 0.223 e. The molecule has 2 N–H and O–H groups in total. The number of nitrogens with one attached hydrogen (secondary N) is 2. The van der Waals surface area contributed by atoms with Crippen LogP contribution >= 0.6 is 0 Å². The van der Waals surface area contributed by atoms with E-state index in [9.17, 15) is 9.59 Å². The van der Waals surface area contributed by atoms with E-state index in [0.717, 1.165) is 32.1 Å². The average Bonchev–Trinajstić information content (AvgIpc) is 3.83. The molecule has 2 fully saturated rings. The SMILES string of the molecule is CCCC(=O)N1CCC[C@H]1c1ncc(-c2ccc(-c3ccc(-c4cnc([C@@H]5CCCN5C(=O)CC(C)C)[nH]4)c(F)c3)cc2F)[nH]1. The van der Waals surface area contributed by atoms with Gasteiger partial charge in [-0.25, -0.2) is 18.7 Å². The first-order valence-electron chi connectivity index (χ1n) is 16.0. The Labute approximate surface area is 262 Å². The molecular weight excluding hydrogens is 574 g/mol. The number of halogens is 2. The lowest BCUT2D eigenvalue weighted by Crippen LogP contribution is -2.31. The molecule has 2 aliphatic rings. The summed E-state index contributed by atoms with van der Waals surface area (Å²) in [6.07, 6.45) is 8.45. The molecule has 45 heavy (non-hydrogen) atoms. The first-order chi connectivity index (χ1) is 21.7. The van der Waals surface area contributed by atoms with Crippen molar-refractivity contribution in [1.82, 2.24) is 29.7 Å². The first kappa shape index (κ1) is 30.7. The zero-order valence-electron chi connectivity index (χ0n) is 26.1. The minimum atomic E-state index is -0.455. The number of rotatable bonds is 9. The Kier molecular flexibility index (Phi) is 8.83. The number of hydrogen-bond acceptors (Lipinski definition) is 4. The monoisotopic (exact) mass is 614 g/mol. The van der Waals surface area contributed by atoms with Crippen LogP contribution < -0.4 is 0 Å². The standard InChI is InChI=1S/C35H40F2N6O2/c1-4-7-32(44)42-14-5-8-30(42)34-38-19-28(40-34)24-12-10-22(17-26(24)36)23-11-13-25(27(37)18-23)29-20-39-35(41-29)31-9-6-15-43(31)33(45)16-21(2)3/h10-13,17-21,30-31H,4-9,14-16H2,1-3H3,(H,38,40)(H,39,41)/t30-,31-/m0/s1. The summed E-state index contributed by atoms with van der Waals surface area (Å²) in [6.45, 7) is 7.45. The number of carbonyl (C=O) groups is 2. The predicted octanol–water partition coefficient (Wildman–Crippen LogP) is 7.59. The molecule has 0 radical (unpaired) electrons. The summed E-state index contributed by atoms with van der Waals surface area (Å²) in [4.78, 5) is 44.5. The molecule has 0 aliphatic carbocycles. The first-order valence-corrected chi connectivity index (χ1v) is 16.0. The van der Waals surface area contributed by atoms with Crippen LogP contribution in [-0.4, -0.2) is 54.6 Å². The Hall–Kier alpha value is -4.34. The van der Waals surface area contributed by atoms with Gasteiger partial charge in [-0.1, -0.05) is 32.9 Å². The van der Waals surface area contributed by atoms with Crippen LogP contribution in [0.25, 0.3) is 33.6 Å². The minimum Gasteiger partial charge on any atom is -0.340 e. The lowest BCUT2D eigenvalue weighted by atomic mass is 10.00. The fourth-order valence-corrected chi connectivity index (χ4v) is 6.63. The third kappa shape index (κ3) is 6.28. The fraction of sp³-hybridized carbons (Fsp3) is 0.429. The van der Waals surface area contributed by atoms with Crippen molar-refractivity contribution in [2.75, 3.05) is 13.1 Å². The lowest BCUT2D eigenvalue weighted by molar-refractivity contribution is -0.133. The number of aromatic nitrogens is 4. The van der Waals surface area contributed by atoms with Crippen molar-refractivity contribution in [1.29, 1.82) is 0 Å². The van der Waals surface area contributed by atoms with Gasteiger partial charge in [0.05, 0.1) is 35.9 Å². The number of hydrogen-bond donors (Lipinski definition) is 2. The number of carbonyl (C=O) groups excluding carboxylic acids is 2.